The SMILES string of the molecule is Nc1nccnc1C(=O)N1CCCC(C(=O)Nc2nncs2)C1. The number of piperidine rings is 1. The number of nitrogen functional groups attached to an aromatic ring is 1. The van der Waals surface area contributed by atoms with Crippen molar-refractivity contribution >= 4 is 34.1 Å². The van der Waals surface area contributed by atoms with Crippen LogP contribution in [0.25, 0.3) is 0 Å². The summed E-state index contributed by atoms with van der Waals surface area (Å²) in [5.41, 5.74) is 7.37. The maximum atomic E-state index is 12.5. The van der Waals surface area contributed by atoms with Crippen molar-refractivity contribution in [2.24, 2.45) is 5.92 Å². The van der Waals surface area contributed by atoms with E-state index in [1.807, 2.05) is 0 Å². The fraction of sp³-hybridized carbons (Fsp3) is 0.385. The average molecular weight is 333 g/mol. The first-order valence-corrected chi connectivity index (χ1v) is 7.96. The molecule has 2 aromatic heterocycles. The fourth-order valence-corrected chi connectivity index (χ4v) is 2.92. The Morgan fingerprint density at radius 2 is 2.17 bits per heavy atom. The third-order valence-electron chi connectivity index (χ3n) is 3.60. The standard InChI is InChI=1S/C13H15N7O2S/c14-10-9(15-3-4-16-10)12(22)20-5-1-2-8(6-20)11(21)18-13-19-17-7-23-13/h3-4,7-8H,1-2,5-6H2,(H2,14,16)(H,18,19,21). The molecule has 0 spiro atoms. The molecule has 10 heteroatoms. The highest BCUT2D eigenvalue weighted by molar-refractivity contribution is 7.13. The minimum absolute atomic E-state index is 0.0953. The van der Waals surface area contributed by atoms with E-state index in [0.717, 1.165) is 6.42 Å². The van der Waals surface area contributed by atoms with E-state index in [9.17, 15) is 9.59 Å². The van der Waals surface area contributed by atoms with Crippen LogP contribution in [0.1, 0.15) is 23.3 Å². The molecule has 3 N–H and O–H groups in total. The molecule has 9 nitrogen and oxygen atoms in total. The second-order valence-electron chi connectivity index (χ2n) is 5.11. The quantitative estimate of drug-likeness (QED) is 0.832. The van der Waals surface area contributed by atoms with Crippen LogP contribution in [0.3, 0.4) is 0 Å². The molecule has 1 aliphatic heterocycles. The Hall–Kier alpha value is -2.62. The van der Waals surface area contributed by atoms with E-state index in [0.29, 0.717) is 24.6 Å². The summed E-state index contributed by atoms with van der Waals surface area (Å²) < 4.78 is 0. The summed E-state index contributed by atoms with van der Waals surface area (Å²) in [6.45, 7) is 0.886. The zero-order chi connectivity index (χ0) is 16.2. The van der Waals surface area contributed by atoms with Crippen molar-refractivity contribution in [3.8, 4) is 0 Å². The lowest BCUT2D eigenvalue weighted by molar-refractivity contribution is -0.121. The van der Waals surface area contributed by atoms with E-state index in [1.165, 1.54) is 23.7 Å². The number of nitrogens with zero attached hydrogens (tertiary/aromatic N) is 5. The Bertz CT molecular complexity index is 706. The van der Waals surface area contributed by atoms with E-state index < -0.39 is 0 Å². The van der Waals surface area contributed by atoms with Crippen molar-refractivity contribution in [1.82, 2.24) is 25.1 Å². The molecule has 0 saturated carbocycles. The highest BCUT2D eigenvalue weighted by Gasteiger charge is 2.30. The van der Waals surface area contributed by atoms with Gasteiger partial charge in [-0.15, -0.1) is 10.2 Å². The molecule has 0 radical (unpaired) electrons. The molecule has 0 aliphatic carbocycles. The van der Waals surface area contributed by atoms with Crippen LogP contribution in [-0.4, -0.2) is 50.0 Å². The molecule has 23 heavy (non-hydrogen) atoms. The van der Waals surface area contributed by atoms with Gasteiger partial charge in [0.1, 0.15) is 5.51 Å². The lowest BCUT2D eigenvalue weighted by Gasteiger charge is -2.31. The number of hydrogen-bond acceptors (Lipinski definition) is 8. The maximum Gasteiger partial charge on any atom is 0.276 e. The summed E-state index contributed by atoms with van der Waals surface area (Å²) in [4.78, 5) is 34.2. The minimum Gasteiger partial charge on any atom is -0.382 e. The first-order chi connectivity index (χ1) is 11.1. The number of rotatable bonds is 3. The Morgan fingerprint density at radius 3 is 2.91 bits per heavy atom. The lowest BCUT2D eigenvalue weighted by atomic mass is 9.97. The first kappa shape index (κ1) is 15.3. The van der Waals surface area contributed by atoms with E-state index in [2.05, 4.69) is 25.5 Å². The van der Waals surface area contributed by atoms with Crippen LogP contribution < -0.4 is 11.1 Å². The van der Waals surface area contributed by atoms with Crippen LogP contribution in [0.4, 0.5) is 10.9 Å². The van der Waals surface area contributed by atoms with Crippen molar-refractivity contribution in [3.63, 3.8) is 0 Å². The number of aromatic nitrogens is 4. The molecular formula is C13H15N7O2S. The molecular weight excluding hydrogens is 318 g/mol. The van der Waals surface area contributed by atoms with Gasteiger partial charge in [-0.25, -0.2) is 9.97 Å². The summed E-state index contributed by atoms with van der Waals surface area (Å²) in [6, 6.07) is 0. The lowest BCUT2D eigenvalue weighted by Crippen LogP contribution is -2.44. The summed E-state index contributed by atoms with van der Waals surface area (Å²) >= 11 is 1.25. The molecule has 1 saturated heterocycles. The second kappa shape index (κ2) is 6.65. The average Bonchev–Trinajstić information content (AvgIpc) is 3.08. The third kappa shape index (κ3) is 3.42. The number of likely N-dealkylation sites (tertiary alicyclic amines) is 1. The van der Waals surface area contributed by atoms with Crippen molar-refractivity contribution in [2.45, 2.75) is 12.8 Å². The Morgan fingerprint density at radius 1 is 1.35 bits per heavy atom. The van der Waals surface area contributed by atoms with Gasteiger partial charge < -0.3 is 16.0 Å². The predicted octanol–water partition coefficient (Wildman–Crippen LogP) is 0.401. The number of nitrogens with one attached hydrogen (secondary N) is 1. The summed E-state index contributed by atoms with van der Waals surface area (Å²) in [5.74, 6) is -0.664. The van der Waals surface area contributed by atoms with Crippen LogP contribution >= 0.6 is 11.3 Å². The predicted molar refractivity (Wildman–Crippen MR) is 83.6 cm³/mol. The van der Waals surface area contributed by atoms with Crippen LogP contribution in [0.5, 0.6) is 0 Å². The van der Waals surface area contributed by atoms with Gasteiger partial charge >= 0.3 is 0 Å². The molecule has 1 atom stereocenters. The van der Waals surface area contributed by atoms with Gasteiger partial charge in [0.2, 0.25) is 11.0 Å². The first-order valence-electron chi connectivity index (χ1n) is 7.08. The topological polar surface area (TPSA) is 127 Å². The van der Waals surface area contributed by atoms with E-state index >= 15 is 0 Å². The fourth-order valence-electron chi connectivity index (χ4n) is 2.47. The van der Waals surface area contributed by atoms with Crippen LogP contribution in [0.15, 0.2) is 17.9 Å². The summed E-state index contributed by atoms with van der Waals surface area (Å²) in [5, 5.41) is 10.6. The van der Waals surface area contributed by atoms with Crippen molar-refractivity contribution in [2.75, 3.05) is 24.1 Å². The molecule has 120 valence electrons. The normalized spacial score (nSPS) is 17.7. The maximum absolute atomic E-state index is 12.5. The zero-order valence-electron chi connectivity index (χ0n) is 12.2. The van der Waals surface area contributed by atoms with Crippen LogP contribution in [-0.2, 0) is 4.79 Å². The van der Waals surface area contributed by atoms with Gasteiger partial charge in [0.15, 0.2) is 11.5 Å². The van der Waals surface area contributed by atoms with Gasteiger partial charge in [-0.1, -0.05) is 11.3 Å². The van der Waals surface area contributed by atoms with E-state index in [1.54, 1.807) is 10.4 Å². The Balaban J connectivity index is 1.67. The molecule has 0 aromatic carbocycles. The number of carbonyl (C=O) groups excluding carboxylic acids is 2. The smallest absolute Gasteiger partial charge is 0.276 e. The third-order valence-corrected chi connectivity index (χ3v) is 4.21. The number of nitrogens with two attached hydrogens (primary N) is 1. The summed E-state index contributed by atoms with van der Waals surface area (Å²) in [6.07, 6.45) is 4.30. The largest absolute Gasteiger partial charge is 0.382 e. The molecule has 1 fully saturated rings. The molecule has 3 heterocycles. The molecule has 1 unspecified atom stereocenters. The summed E-state index contributed by atoms with van der Waals surface area (Å²) in [7, 11) is 0. The molecule has 2 amide bonds. The van der Waals surface area contributed by atoms with Crippen molar-refractivity contribution in [3.05, 3.63) is 23.6 Å². The van der Waals surface area contributed by atoms with Crippen molar-refractivity contribution in [1.29, 1.82) is 0 Å². The molecule has 0 bridgehead atoms. The van der Waals surface area contributed by atoms with Gasteiger partial charge in [-0.2, -0.15) is 0 Å². The molecule has 2 aromatic rings. The Labute approximate surface area is 135 Å². The zero-order valence-corrected chi connectivity index (χ0v) is 13.0. The van der Waals surface area contributed by atoms with Gasteiger partial charge in [-0.05, 0) is 12.8 Å². The number of anilines is 2. The number of amides is 2. The van der Waals surface area contributed by atoms with E-state index in [4.69, 9.17) is 5.73 Å². The van der Waals surface area contributed by atoms with Gasteiger partial charge in [0, 0.05) is 25.5 Å². The molecule has 1 aliphatic rings. The highest BCUT2D eigenvalue weighted by atomic mass is 32.1. The van der Waals surface area contributed by atoms with Gasteiger partial charge in [-0.3, -0.25) is 9.59 Å². The highest BCUT2D eigenvalue weighted by Crippen LogP contribution is 2.21. The minimum atomic E-state index is -0.302. The number of hydrogen-bond donors (Lipinski definition) is 2. The van der Waals surface area contributed by atoms with Crippen LogP contribution in [0, 0.1) is 5.92 Å². The van der Waals surface area contributed by atoms with Crippen molar-refractivity contribution < 1.29 is 9.59 Å². The van der Waals surface area contributed by atoms with E-state index in [-0.39, 0.29) is 29.2 Å². The Kier molecular flexibility index (Phi) is 4.42. The van der Waals surface area contributed by atoms with Gasteiger partial charge in [0.25, 0.3) is 5.91 Å². The molecule has 3 rings (SSSR count). The monoisotopic (exact) mass is 333 g/mol. The number of carbonyl (C=O) groups is 2. The van der Waals surface area contributed by atoms with Gasteiger partial charge in [0.05, 0.1) is 5.92 Å². The van der Waals surface area contributed by atoms with Crippen LogP contribution in [0.2, 0.25) is 0 Å². The second-order valence-corrected chi connectivity index (χ2v) is 5.95.